The number of hydrogen-bond acceptors (Lipinski definition) is 4. The van der Waals surface area contributed by atoms with E-state index in [1.165, 1.54) is 0 Å². The Hall–Kier alpha value is -2.42. The molecule has 0 bridgehead atoms. The summed E-state index contributed by atoms with van der Waals surface area (Å²) in [5, 5.41) is 4.67. The first-order valence-corrected chi connectivity index (χ1v) is 8.54. The summed E-state index contributed by atoms with van der Waals surface area (Å²) in [6, 6.07) is 11.6. The number of ether oxygens (including phenoxy) is 1. The van der Waals surface area contributed by atoms with Crippen molar-refractivity contribution in [1.29, 1.82) is 0 Å². The predicted molar refractivity (Wildman–Crippen MR) is 103 cm³/mol. The van der Waals surface area contributed by atoms with Crippen LogP contribution in [0.1, 0.15) is 21.5 Å². The molecule has 2 aromatic carbocycles. The zero-order valence-electron chi connectivity index (χ0n) is 13.8. The monoisotopic (exact) mass is 452 g/mol. The van der Waals surface area contributed by atoms with Crippen molar-refractivity contribution in [2.75, 3.05) is 11.9 Å². The number of benzene rings is 2. The third-order valence-corrected chi connectivity index (χ3v) is 4.39. The molecular formula is C18H17IN2O4. The molecule has 0 aliphatic heterocycles. The molecule has 130 valence electrons. The first kappa shape index (κ1) is 18.9. The SMILES string of the molecule is Cc1ccc(NC(=O)NC(=O)COC(=O)c2ccccc2I)cc1C. The number of aryl methyl sites for hydroxylation is 2. The highest BCUT2D eigenvalue weighted by Crippen LogP contribution is 2.14. The van der Waals surface area contributed by atoms with Crippen LogP contribution in [-0.2, 0) is 9.53 Å². The molecule has 0 saturated carbocycles. The Kier molecular flexibility index (Phi) is 6.51. The van der Waals surface area contributed by atoms with Crippen molar-refractivity contribution in [2.45, 2.75) is 13.8 Å². The number of nitrogens with one attached hydrogen (secondary N) is 2. The van der Waals surface area contributed by atoms with Crippen molar-refractivity contribution in [3.63, 3.8) is 0 Å². The summed E-state index contributed by atoms with van der Waals surface area (Å²) in [4.78, 5) is 35.4. The molecule has 0 saturated heterocycles. The van der Waals surface area contributed by atoms with Gasteiger partial charge in [0.2, 0.25) is 0 Å². The number of amides is 3. The van der Waals surface area contributed by atoms with Gasteiger partial charge in [-0.1, -0.05) is 18.2 Å². The molecule has 0 heterocycles. The first-order chi connectivity index (χ1) is 11.9. The van der Waals surface area contributed by atoms with Crippen molar-refractivity contribution < 1.29 is 19.1 Å². The summed E-state index contributed by atoms with van der Waals surface area (Å²) in [5.74, 6) is -1.32. The fourth-order valence-electron chi connectivity index (χ4n) is 1.98. The highest BCUT2D eigenvalue weighted by atomic mass is 127. The molecule has 0 spiro atoms. The standard InChI is InChI=1S/C18H17IN2O4/c1-11-7-8-13(9-12(11)2)20-18(24)21-16(22)10-25-17(23)14-5-3-4-6-15(14)19/h3-9H,10H2,1-2H3,(H2,20,21,22,24). The lowest BCUT2D eigenvalue weighted by Gasteiger charge is -2.09. The quantitative estimate of drug-likeness (QED) is 0.550. The molecule has 2 aromatic rings. The van der Waals surface area contributed by atoms with Crippen molar-refractivity contribution in [3.8, 4) is 0 Å². The summed E-state index contributed by atoms with van der Waals surface area (Å²) in [6.07, 6.45) is 0. The second-order valence-electron chi connectivity index (χ2n) is 5.36. The lowest BCUT2D eigenvalue weighted by molar-refractivity contribution is -0.123. The van der Waals surface area contributed by atoms with Gasteiger partial charge in [0.25, 0.3) is 5.91 Å². The van der Waals surface area contributed by atoms with Crippen LogP contribution in [0.2, 0.25) is 0 Å². The number of carbonyl (C=O) groups excluding carboxylic acids is 3. The van der Waals surface area contributed by atoms with Crippen LogP contribution in [0.4, 0.5) is 10.5 Å². The van der Waals surface area contributed by atoms with Crippen LogP contribution in [0, 0.1) is 17.4 Å². The van der Waals surface area contributed by atoms with Crippen LogP contribution in [0.25, 0.3) is 0 Å². The Morgan fingerprint density at radius 1 is 1.04 bits per heavy atom. The number of urea groups is 1. The molecule has 2 N–H and O–H groups in total. The van der Waals surface area contributed by atoms with Crippen LogP contribution in [0.3, 0.4) is 0 Å². The molecule has 0 unspecified atom stereocenters. The Bertz CT molecular complexity index is 820. The second kappa shape index (κ2) is 8.61. The first-order valence-electron chi connectivity index (χ1n) is 7.46. The zero-order valence-corrected chi connectivity index (χ0v) is 15.9. The highest BCUT2D eigenvalue weighted by Gasteiger charge is 2.14. The Balaban J connectivity index is 1.83. The van der Waals surface area contributed by atoms with E-state index < -0.39 is 24.5 Å². The maximum absolute atomic E-state index is 11.9. The third kappa shape index (κ3) is 5.56. The molecule has 0 atom stereocenters. The third-order valence-electron chi connectivity index (χ3n) is 3.45. The fourth-order valence-corrected chi connectivity index (χ4v) is 2.59. The van der Waals surface area contributed by atoms with Gasteiger partial charge in [-0.2, -0.15) is 0 Å². The number of rotatable bonds is 4. The van der Waals surface area contributed by atoms with E-state index >= 15 is 0 Å². The summed E-state index contributed by atoms with van der Waals surface area (Å²) in [6.45, 7) is 3.35. The Morgan fingerprint density at radius 3 is 2.44 bits per heavy atom. The van der Waals surface area contributed by atoms with Crippen LogP contribution in [0.15, 0.2) is 42.5 Å². The van der Waals surface area contributed by atoms with Crippen molar-refractivity contribution in [1.82, 2.24) is 5.32 Å². The van der Waals surface area contributed by atoms with E-state index in [9.17, 15) is 14.4 Å². The predicted octanol–water partition coefficient (Wildman–Crippen LogP) is 3.41. The minimum Gasteiger partial charge on any atom is -0.452 e. The molecule has 0 aromatic heterocycles. The van der Waals surface area contributed by atoms with Gasteiger partial charge in [-0.25, -0.2) is 9.59 Å². The van der Waals surface area contributed by atoms with Gasteiger partial charge in [0.1, 0.15) is 0 Å². The van der Waals surface area contributed by atoms with Gasteiger partial charge < -0.3 is 10.1 Å². The average molecular weight is 452 g/mol. The van der Waals surface area contributed by atoms with Crippen LogP contribution >= 0.6 is 22.6 Å². The summed E-state index contributed by atoms with van der Waals surface area (Å²) < 4.78 is 5.64. The molecule has 25 heavy (non-hydrogen) atoms. The number of carbonyl (C=O) groups is 3. The Morgan fingerprint density at radius 2 is 1.76 bits per heavy atom. The van der Waals surface area contributed by atoms with Crippen molar-refractivity contribution in [3.05, 3.63) is 62.7 Å². The normalized spacial score (nSPS) is 10.0. The number of esters is 1. The Labute approximate surface area is 159 Å². The molecule has 2 rings (SSSR count). The summed E-state index contributed by atoms with van der Waals surface area (Å²) in [7, 11) is 0. The largest absolute Gasteiger partial charge is 0.452 e. The molecule has 7 heteroatoms. The number of halogens is 1. The van der Waals surface area contributed by atoms with E-state index in [2.05, 4.69) is 10.6 Å². The molecule has 3 amide bonds. The van der Waals surface area contributed by atoms with E-state index in [0.29, 0.717) is 11.3 Å². The molecule has 0 aliphatic carbocycles. The molecule has 0 radical (unpaired) electrons. The lowest BCUT2D eigenvalue weighted by atomic mass is 10.1. The fraction of sp³-hybridized carbons (Fsp3) is 0.167. The minimum atomic E-state index is -0.708. The van der Waals surface area contributed by atoms with Crippen LogP contribution in [-0.4, -0.2) is 24.5 Å². The number of anilines is 1. The van der Waals surface area contributed by atoms with E-state index in [4.69, 9.17) is 4.74 Å². The van der Waals surface area contributed by atoms with Gasteiger partial charge in [-0.05, 0) is 71.8 Å². The smallest absolute Gasteiger partial charge is 0.339 e. The van der Waals surface area contributed by atoms with Gasteiger partial charge in [0.05, 0.1) is 5.56 Å². The van der Waals surface area contributed by atoms with Gasteiger partial charge in [-0.3, -0.25) is 10.1 Å². The number of hydrogen-bond donors (Lipinski definition) is 2. The maximum Gasteiger partial charge on any atom is 0.339 e. The molecule has 6 nitrogen and oxygen atoms in total. The molecule has 0 fully saturated rings. The van der Waals surface area contributed by atoms with E-state index in [0.717, 1.165) is 14.7 Å². The number of imide groups is 1. The minimum absolute atomic E-state index is 0.371. The van der Waals surface area contributed by atoms with Gasteiger partial charge >= 0.3 is 12.0 Å². The molecule has 0 aliphatic rings. The second-order valence-corrected chi connectivity index (χ2v) is 6.52. The van der Waals surface area contributed by atoms with E-state index in [-0.39, 0.29) is 0 Å². The maximum atomic E-state index is 11.9. The topological polar surface area (TPSA) is 84.5 Å². The van der Waals surface area contributed by atoms with Gasteiger partial charge in [-0.15, -0.1) is 0 Å². The van der Waals surface area contributed by atoms with Gasteiger partial charge in [0.15, 0.2) is 6.61 Å². The zero-order chi connectivity index (χ0) is 18.4. The average Bonchev–Trinajstić information content (AvgIpc) is 2.56. The van der Waals surface area contributed by atoms with Gasteiger partial charge in [0, 0.05) is 9.26 Å². The summed E-state index contributed by atoms with van der Waals surface area (Å²) in [5.41, 5.74) is 3.07. The van der Waals surface area contributed by atoms with Crippen molar-refractivity contribution >= 4 is 46.2 Å². The highest BCUT2D eigenvalue weighted by molar-refractivity contribution is 14.1. The van der Waals surface area contributed by atoms with Crippen LogP contribution < -0.4 is 10.6 Å². The molecular weight excluding hydrogens is 435 g/mol. The van der Waals surface area contributed by atoms with Crippen molar-refractivity contribution in [2.24, 2.45) is 0 Å². The summed E-state index contributed by atoms with van der Waals surface area (Å²) >= 11 is 2.00. The van der Waals surface area contributed by atoms with E-state index in [1.54, 1.807) is 36.4 Å². The van der Waals surface area contributed by atoms with Crippen LogP contribution in [0.5, 0.6) is 0 Å². The lowest BCUT2D eigenvalue weighted by Crippen LogP contribution is -2.37. The van der Waals surface area contributed by atoms with E-state index in [1.807, 2.05) is 42.5 Å².